The molecule has 4 aromatic rings. The van der Waals surface area contributed by atoms with Gasteiger partial charge in [-0.1, -0.05) is 43.7 Å². The quantitative estimate of drug-likeness (QED) is 0.484. The van der Waals surface area contributed by atoms with Gasteiger partial charge < -0.3 is 11.5 Å². The first kappa shape index (κ1) is 18.9. The molecular formula is C22H21N5OS. The molecule has 0 spiro atoms. The average molecular weight is 404 g/mol. The van der Waals surface area contributed by atoms with Crippen molar-refractivity contribution >= 4 is 44.8 Å². The zero-order valence-electron chi connectivity index (χ0n) is 16.0. The molecule has 29 heavy (non-hydrogen) atoms. The van der Waals surface area contributed by atoms with E-state index in [1.807, 2.05) is 54.6 Å². The lowest BCUT2D eigenvalue weighted by molar-refractivity contribution is 0.256. The topological polar surface area (TPSA) is 98.1 Å². The molecular weight excluding hydrogens is 382 g/mol. The van der Waals surface area contributed by atoms with Crippen LogP contribution in [0.3, 0.4) is 0 Å². The molecule has 2 aromatic heterocycles. The smallest absolute Gasteiger partial charge is 0.323 e. The Bertz CT molecular complexity index is 1160. The van der Waals surface area contributed by atoms with Crippen molar-refractivity contribution in [1.29, 1.82) is 0 Å². The van der Waals surface area contributed by atoms with Gasteiger partial charge in [-0.25, -0.2) is 14.8 Å². The number of amides is 2. The van der Waals surface area contributed by atoms with Crippen molar-refractivity contribution in [2.24, 2.45) is 5.73 Å². The van der Waals surface area contributed by atoms with Crippen molar-refractivity contribution in [3.05, 3.63) is 65.8 Å². The first-order valence-corrected chi connectivity index (χ1v) is 10.2. The Balaban J connectivity index is 1.81. The molecule has 0 bridgehead atoms. The van der Waals surface area contributed by atoms with Crippen molar-refractivity contribution in [2.45, 2.75) is 19.8 Å². The zero-order chi connectivity index (χ0) is 20.4. The summed E-state index contributed by atoms with van der Waals surface area (Å²) in [6, 6.07) is 16.6. The summed E-state index contributed by atoms with van der Waals surface area (Å²) in [7, 11) is 0. The Kier molecular flexibility index (Phi) is 5.14. The number of nitrogens with two attached hydrogens (primary N) is 2. The number of aromatic nitrogens is 2. The largest absolute Gasteiger partial charge is 0.383 e. The predicted molar refractivity (Wildman–Crippen MR) is 119 cm³/mol. The van der Waals surface area contributed by atoms with Gasteiger partial charge in [0.1, 0.15) is 17.0 Å². The summed E-state index contributed by atoms with van der Waals surface area (Å²) in [5, 5.41) is 0.892. The summed E-state index contributed by atoms with van der Waals surface area (Å²) >= 11 is 1.65. The van der Waals surface area contributed by atoms with Gasteiger partial charge in [0.25, 0.3) is 0 Å². The Hall–Kier alpha value is -3.45. The summed E-state index contributed by atoms with van der Waals surface area (Å²) < 4.78 is 0. The Labute approximate surface area is 172 Å². The third kappa shape index (κ3) is 3.52. The lowest BCUT2D eigenvalue weighted by atomic mass is 10.0. The number of fused-ring (bicyclic) bond motifs is 1. The molecule has 7 heteroatoms. The SMILES string of the molecule is CCCc1sc2ncnc(N)c2c1-c1ccc(N(C(N)=O)c2ccccc2)cc1. The van der Waals surface area contributed by atoms with Crippen molar-refractivity contribution in [3.63, 3.8) is 0 Å². The second kappa shape index (κ2) is 7.89. The van der Waals surface area contributed by atoms with E-state index < -0.39 is 6.03 Å². The van der Waals surface area contributed by atoms with E-state index in [0.717, 1.165) is 39.9 Å². The van der Waals surface area contributed by atoms with Gasteiger partial charge in [-0.3, -0.25) is 4.90 Å². The molecule has 0 saturated carbocycles. The first-order chi connectivity index (χ1) is 14.1. The number of benzene rings is 2. The fraction of sp³-hybridized carbons (Fsp3) is 0.136. The van der Waals surface area contributed by atoms with Crippen LogP contribution in [0.15, 0.2) is 60.9 Å². The number of nitrogens with zero attached hydrogens (tertiary/aromatic N) is 3. The summed E-state index contributed by atoms with van der Waals surface area (Å²) in [6.45, 7) is 2.15. The van der Waals surface area contributed by atoms with E-state index in [1.54, 1.807) is 11.3 Å². The molecule has 0 atom stereocenters. The Morgan fingerprint density at radius 2 is 1.72 bits per heavy atom. The number of primary amides is 1. The van der Waals surface area contributed by atoms with E-state index >= 15 is 0 Å². The molecule has 4 N–H and O–H groups in total. The molecule has 0 unspecified atom stereocenters. The van der Waals surface area contributed by atoms with E-state index in [0.29, 0.717) is 11.5 Å². The fourth-order valence-electron chi connectivity index (χ4n) is 3.47. The third-order valence-electron chi connectivity index (χ3n) is 4.72. The van der Waals surface area contributed by atoms with Crippen molar-refractivity contribution in [1.82, 2.24) is 9.97 Å². The van der Waals surface area contributed by atoms with Gasteiger partial charge in [-0.15, -0.1) is 11.3 Å². The van der Waals surface area contributed by atoms with Crippen LogP contribution in [0.2, 0.25) is 0 Å². The number of urea groups is 1. The van der Waals surface area contributed by atoms with E-state index in [2.05, 4.69) is 16.9 Å². The van der Waals surface area contributed by atoms with E-state index in [-0.39, 0.29) is 0 Å². The summed E-state index contributed by atoms with van der Waals surface area (Å²) in [5.41, 5.74) is 15.3. The Morgan fingerprint density at radius 3 is 2.38 bits per heavy atom. The van der Waals surface area contributed by atoms with Crippen LogP contribution in [0.5, 0.6) is 0 Å². The second-order valence-corrected chi connectivity index (χ2v) is 7.73. The van der Waals surface area contributed by atoms with Crippen LogP contribution in [0.1, 0.15) is 18.2 Å². The van der Waals surface area contributed by atoms with Gasteiger partial charge >= 0.3 is 6.03 Å². The number of hydrogen-bond acceptors (Lipinski definition) is 5. The minimum Gasteiger partial charge on any atom is -0.383 e. The van der Waals surface area contributed by atoms with Crippen molar-refractivity contribution < 1.29 is 4.79 Å². The number of thiophene rings is 1. The van der Waals surface area contributed by atoms with Crippen LogP contribution in [-0.4, -0.2) is 16.0 Å². The van der Waals surface area contributed by atoms with E-state index in [9.17, 15) is 4.79 Å². The van der Waals surface area contributed by atoms with E-state index in [1.165, 1.54) is 16.1 Å². The molecule has 2 amide bonds. The molecule has 0 aliphatic rings. The number of carbonyl (C=O) groups is 1. The lowest BCUT2D eigenvalue weighted by Crippen LogP contribution is -2.31. The highest BCUT2D eigenvalue weighted by atomic mass is 32.1. The molecule has 0 aliphatic heterocycles. The molecule has 146 valence electrons. The number of para-hydroxylation sites is 1. The predicted octanol–water partition coefficient (Wildman–Crippen LogP) is 5.11. The highest BCUT2D eigenvalue weighted by Gasteiger charge is 2.19. The van der Waals surface area contributed by atoms with Gasteiger partial charge in [0.05, 0.1) is 16.8 Å². The molecule has 0 saturated heterocycles. The number of rotatable bonds is 5. The number of carbonyl (C=O) groups excluding carboxylic acids is 1. The van der Waals surface area contributed by atoms with Crippen LogP contribution < -0.4 is 16.4 Å². The second-order valence-electron chi connectivity index (χ2n) is 6.65. The molecule has 0 aliphatic carbocycles. The first-order valence-electron chi connectivity index (χ1n) is 9.37. The maximum atomic E-state index is 12.1. The normalized spacial score (nSPS) is 10.9. The molecule has 0 fully saturated rings. The highest BCUT2D eigenvalue weighted by Crippen LogP contribution is 2.41. The van der Waals surface area contributed by atoms with Crippen LogP contribution in [0.25, 0.3) is 21.3 Å². The number of nitrogen functional groups attached to an aromatic ring is 1. The summed E-state index contributed by atoms with van der Waals surface area (Å²) in [6.07, 6.45) is 3.46. The number of anilines is 3. The van der Waals surface area contributed by atoms with Crippen LogP contribution in [0.4, 0.5) is 22.0 Å². The zero-order valence-corrected chi connectivity index (χ0v) is 16.8. The van der Waals surface area contributed by atoms with Gasteiger partial charge in [-0.05, 0) is 36.2 Å². The summed E-state index contributed by atoms with van der Waals surface area (Å²) in [4.78, 5) is 24.3. The van der Waals surface area contributed by atoms with Crippen LogP contribution in [0, 0.1) is 0 Å². The van der Waals surface area contributed by atoms with Crippen molar-refractivity contribution in [3.8, 4) is 11.1 Å². The fourth-order valence-corrected chi connectivity index (χ4v) is 4.74. The average Bonchev–Trinajstić information content (AvgIpc) is 3.09. The third-order valence-corrected chi connectivity index (χ3v) is 5.87. The van der Waals surface area contributed by atoms with Crippen LogP contribution >= 0.6 is 11.3 Å². The molecule has 0 radical (unpaired) electrons. The van der Waals surface area contributed by atoms with Gasteiger partial charge in [0.15, 0.2) is 0 Å². The monoisotopic (exact) mass is 403 g/mol. The highest BCUT2D eigenvalue weighted by molar-refractivity contribution is 7.19. The molecule has 6 nitrogen and oxygen atoms in total. The maximum Gasteiger partial charge on any atom is 0.323 e. The van der Waals surface area contributed by atoms with Crippen molar-refractivity contribution in [2.75, 3.05) is 10.6 Å². The molecule has 4 rings (SSSR count). The number of aryl methyl sites for hydroxylation is 1. The maximum absolute atomic E-state index is 12.1. The van der Waals surface area contributed by atoms with E-state index in [4.69, 9.17) is 11.5 Å². The minimum atomic E-state index is -0.533. The number of hydrogen-bond donors (Lipinski definition) is 2. The Morgan fingerprint density at radius 1 is 1.03 bits per heavy atom. The lowest BCUT2D eigenvalue weighted by Gasteiger charge is -2.21. The minimum absolute atomic E-state index is 0.482. The van der Waals surface area contributed by atoms with Crippen LogP contribution in [-0.2, 0) is 6.42 Å². The van der Waals surface area contributed by atoms with Gasteiger partial charge in [0, 0.05) is 10.4 Å². The van der Waals surface area contributed by atoms with Gasteiger partial charge in [0.2, 0.25) is 0 Å². The summed E-state index contributed by atoms with van der Waals surface area (Å²) in [5.74, 6) is 0.482. The van der Waals surface area contributed by atoms with Gasteiger partial charge in [-0.2, -0.15) is 0 Å². The molecule has 2 aromatic carbocycles. The molecule has 2 heterocycles. The standard InChI is InChI=1S/C22H21N5OS/c1-2-6-17-18(19-20(23)25-13-26-21(19)29-17)14-9-11-16(12-10-14)27(22(24)28)15-7-4-3-5-8-15/h3-5,7-13H,2,6H2,1H3,(H2,24,28)(H2,23,25,26).